The molecule has 0 saturated heterocycles. The van der Waals surface area contributed by atoms with E-state index in [2.05, 4.69) is 23.5 Å². The number of benzene rings is 2. The van der Waals surface area contributed by atoms with Gasteiger partial charge in [0.15, 0.2) is 0 Å². The molecular weight excluding hydrogens is 317 g/mol. The quantitative estimate of drug-likeness (QED) is 0.644. The van der Waals surface area contributed by atoms with Gasteiger partial charge >= 0.3 is 5.97 Å². The summed E-state index contributed by atoms with van der Waals surface area (Å²) in [5.74, 6) is 0.0505. The molecule has 0 bridgehead atoms. The third kappa shape index (κ3) is 2.72. The predicted molar refractivity (Wildman–Crippen MR) is 95.2 cm³/mol. The highest BCUT2D eigenvalue weighted by Crippen LogP contribution is 2.50. The normalized spacial score (nSPS) is 23.5. The summed E-state index contributed by atoms with van der Waals surface area (Å²) in [7, 11) is 0. The lowest BCUT2D eigenvalue weighted by atomic mass is 9.76. The van der Waals surface area contributed by atoms with Gasteiger partial charge in [0, 0.05) is 5.92 Å². The minimum Gasteiger partial charge on any atom is -0.462 e. The van der Waals surface area contributed by atoms with Crippen molar-refractivity contribution in [3.63, 3.8) is 0 Å². The van der Waals surface area contributed by atoms with Gasteiger partial charge in [-0.2, -0.15) is 0 Å². The summed E-state index contributed by atoms with van der Waals surface area (Å²) >= 11 is 0. The zero-order valence-corrected chi connectivity index (χ0v) is 14.0. The Morgan fingerprint density at radius 1 is 1.24 bits per heavy atom. The third-order valence-electron chi connectivity index (χ3n) is 5.12. The highest BCUT2D eigenvalue weighted by molar-refractivity contribution is 5.97. The van der Waals surface area contributed by atoms with Gasteiger partial charge in [0.1, 0.15) is 5.82 Å². The van der Waals surface area contributed by atoms with E-state index >= 15 is 0 Å². The second kappa shape index (κ2) is 6.36. The second-order valence-corrected chi connectivity index (χ2v) is 6.52. The zero-order valence-electron chi connectivity index (χ0n) is 14.0. The van der Waals surface area contributed by atoms with Gasteiger partial charge in [0.2, 0.25) is 0 Å². The summed E-state index contributed by atoms with van der Waals surface area (Å²) in [6.45, 7) is 2.15. The van der Waals surface area contributed by atoms with Crippen molar-refractivity contribution in [1.29, 1.82) is 0 Å². The molecule has 1 aliphatic carbocycles. The monoisotopic (exact) mass is 337 g/mol. The molecule has 128 valence electrons. The first-order valence-electron chi connectivity index (χ1n) is 8.67. The predicted octanol–water partition coefficient (Wildman–Crippen LogP) is 4.83. The highest BCUT2D eigenvalue weighted by Gasteiger charge is 2.39. The fraction of sp³-hybridized carbons (Fsp3) is 0.286. The van der Waals surface area contributed by atoms with Crippen LogP contribution >= 0.6 is 0 Å². The van der Waals surface area contributed by atoms with Crippen LogP contribution in [0.2, 0.25) is 0 Å². The van der Waals surface area contributed by atoms with Crippen molar-refractivity contribution < 1.29 is 13.9 Å². The third-order valence-corrected chi connectivity index (χ3v) is 5.12. The molecule has 1 N–H and O–H groups in total. The second-order valence-electron chi connectivity index (χ2n) is 6.52. The maximum absolute atomic E-state index is 13.3. The number of rotatable bonds is 3. The smallest absolute Gasteiger partial charge is 0.340 e. The van der Waals surface area contributed by atoms with Crippen molar-refractivity contribution in [3.05, 3.63) is 77.1 Å². The van der Waals surface area contributed by atoms with Gasteiger partial charge in [-0.25, -0.2) is 9.18 Å². The van der Waals surface area contributed by atoms with Crippen molar-refractivity contribution in [2.75, 3.05) is 11.9 Å². The molecule has 0 radical (unpaired) electrons. The Morgan fingerprint density at radius 3 is 2.80 bits per heavy atom. The summed E-state index contributed by atoms with van der Waals surface area (Å²) in [5, 5.41) is 3.55. The number of anilines is 1. The van der Waals surface area contributed by atoms with Crippen LogP contribution < -0.4 is 5.32 Å². The van der Waals surface area contributed by atoms with Crippen molar-refractivity contribution in [3.8, 4) is 0 Å². The molecule has 3 unspecified atom stereocenters. The lowest BCUT2D eigenvalue weighted by Crippen LogP contribution is -2.30. The molecule has 0 spiro atoms. The standard InChI is InChI=1S/C21H20FNO2/c1-2-25-21(24)18-8-4-7-17-15-5-3-6-16(15)19(23-20(17)18)13-9-11-14(22)12-10-13/h3-5,7-12,15-16,19,23H,2,6H2,1H3. The van der Waals surface area contributed by atoms with Crippen molar-refractivity contribution in [2.45, 2.75) is 25.3 Å². The first-order chi connectivity index (χ1) is 12.2. The zero-order chi connectivity index (χ0) is 17.4. The summed E-state index contributed by atoms with van der Waals surface area (Å²) in [6, 6.07) is 12.4. The highest BCUT2D eigenvalue weighted by atomic mass is 19.1. The number of hydrogen-bond donors (Lipinski definition) is 1. The van der Waals surface area contributed by atoms with Gasteiger partial charge in [-0.1, -0.05) is 36.4 Å². The van der Waals surface area contributed by atoms with Crippen molar-refractivity contribution in [1.82, 2.24) is 0 Å². The van der Waals surface area contributed by atoms with Gasteiger partial charge in [0.05, 0.1) is 23.9 Å². The van der Waals surface area contributed by atoms with Gasteiger partial charge in [-0.3, -0.25) is 0 Å². The van der Waals surface area contributed by atoms with Crippen LogP contribution in [0.3, 0.4) is 0 Å². The molecule has 3 nitrogen and oxygen atoms in total. The topological polar surface area (TPSA) is 38.3 Å². The molecule has 0 amide bonds. The molecular formula is C21H20FNO2. The fourth-order valence-corrected chi connectivity index (χ4v) is 4.00. The summed E-state index contributed by atoms with van der Waals surface area (Å²) in [4.78, 5) is 12.4. The molecule has 1 heterocycles. The molecule has 2 aliphatic rings. The van der Waals surface area contributed by atoms with Crippen LogP contribution in [0.15, 0.2) is 54.6 Å². The first-order valence-corrected chi connectivity index (χ1v) is 8.67. The van der Waals surface area contributed by atoms with Crippen molar-refractivity contribution in [2.24, 2.45) is 5.92 Å². The average Bonchev–Trinajstić information content (AvgIpc) is 3.11. The number of ether oxygens (including phenoxy) is 1. The SMILES string of the molecule is CCOC(=O)c1cccc2c1NC(c1ccc(F)cc1)C1CC=CC21. The van der Waals surface area contributed by atoms with Gasteiger partial charge in [-0.05, 0) is 48.6 Å². The Balaban J connectivity index is 1.79. The maximum atomic E-state index is 13.3. The Labute approximate surface area is 146 Å². The summed E-state index contributed by atoms with van der Waals surface area (Å²) < 4.78 is 18.5. The number of esters is 1. The van der Waals surface area contributed by atoms with E-state index in [9.17, 15) is 9.18 Å². The van der Waals surface area contributed by atoms with E-state index in [1.807, 2.05) is 18.2 Å². The number of nitrogens with one attached hydrogen (secondary N) is 1. The first kappa shape index (κ1) is 15.9. The summed E-state index contributed by atoms with van der Waals surface area (Å²) in [6.07, 6.45) is 5.37. The number of para-hydroxylation sites is 1. The molecule has 2 aromatic carbocycles. The molecule has 0 fully saturated rings. The molecule has 4 rings (SSSR count). The van der Waals surface area contributed by atoms with Crippen LogP contribution in [0.1, 0.15) is 46.8 Å². The number of allylic oxidation sites excluding steroid dienone is 2. The minimum absolute atomic E-state index is 0.0312. The average molecular weight is 337 g/mol. The lowest BCUT2D eigenvalue weighted by Gasteiger charge is -2.38. The van der Waals surface area contributed by atoms with E-state index in [-0.39, 0.29) is 23.7 Å². The molecule has 1 aliphatic heterocycles. The molecule has 25 heavy (non-hydrogen) atoms. The molecule has 4 heteroatoms. The maximum Gasteiger partial charge on any atom is 0.340 e. The van der Waals surface area contributed by atoms with Crippen LogP contribution in [0.5, 0.6) is 0 Å². The van der Waals surface area contributed by atoms with Crippen LogP contribution in [-0.2, 0) is 4.74 Å². The Bertz CT molecular complexity index is 828. The number of hydrogen-bond acceptors (Lipinski definition) is 3. The molecule has 3 atom stereocenters. The van der Waals surface area contributed by atoms with Gasteiger partial charge in [-0.15, -0.1) is 0 Å². The van der Waals surface area contributed by atoms with Gasteiger partial charge < -0.3 is 10.1 Å². The Hall–Kier alpha value is -2.62. The van der Waals surface area contributed by atoms with Crippen LogP contribution in [-0.4, -0.2) is 12.6 Å². The Kier molecular flexibility index (Phi) is 4.04. The minimum atomic E-state index is -0.315. The largest absolute Gasteiger partial charge is 0.462 e. The van der Waals surface area contributed by atoms with E-state index in [4.69, 9.17) is 4.74 Å². The number of fused-ring (bicyclic) bond motifs is 3. The fourth-order valence-electron chi connectivity index (χ4n) is 4.00. The van der Waals surface area contributed by atoms with E-state index in [1.165, 1.54) is 12.1 Å². The lowest BCUT2D eigenvalue weighted by molar-refractivity contribution is 0.0527. The van der Waals surface area contributed by atoms with Gasteiger partial charge in [0.25, 0.3) is 0 Å². The molecule has 0 saturated carbocycles. The van der Waals surface area contributed by atoms with E-state index in [1.54, 1.807) is 13.0 Å². The van der Waals surface area contributed by atoms with Crippen LogP contribution in [0.25, 0.3) is 0 Å². The molecule has 0 aromatic heterocycles. The number of halogens is 1. The number of carbonyl (C=O) groups excluding carboxylic acids is 1. The van der Waals surface area contributed by atoms with Crippen LogP contribution in [0, 0.1) is 11.7 Å². The van der Waals surface area contributed by atoms with E-state index < -0.39 is 0 Å². The van der Waals surface area contributed by atoms with Crippen LogP contribution in [0.4, 0.5) is 10.1 Å². The summed E-state index contributed by atoms with van der Waals surface area (Å²) in [5.41, 5.74) is 3.56. The number of carbonyl (C=O) groups is 1. The Morgan fingerprint density at radius 2 is 2.04 bits per heavy atom. The van der Waals surface area contributed by atoms with E-state index in [0.29, 0.717) is 18.1 Å². The van der Waals surface area contributed by atoms with Crippen molar-refractivity contribution >= 4 is 11.7 Å². The van der Waals surface area contributed by atoms with E-state index in [0.717, 1.165) is 23.2 Å². The molecule has 2 aromatic rings.